The highest BCUT2D eigenvalue weighted by molar-refractivity contribution is 5.98. The number of rotatable bonds is 10. The van der Waals surface area contributed by atoms with Gasteiger partial charge < -0.3 is 25.4 Å². The van der Waals surface area contributed by atoms with Crippen molar-refractivity contribution < 1.29 is 27.8 Å². The Morgan fingerprint density at radius 1 is 1.35 bits per heavy atom. The second kappa shape index (κ2) is 11.4. The molecule has 1 aromatic rings. The molecule has 1 aliphatic carbocycles. The maximum atomic E-state index is 13.2. The molecular formula is C24H36F2N4O4. The second-order valence-corrected chi connectivity index (χ2v) is 10.2. The van der Waals surface area contributed by atoms with Gasteiger partial charge in [0, 0.05) is 37.9 Å². The van der Waals surface area contributed by atoms with Crippen molar-refractivity contribution in [1.82, 2.24) is 4.90 Å². The summed E-state index contributed by atoms with van der Waals surface area (Å²) in [4.78, 5) is 28.9. The Bertz CT molecular complexity index is 858. The molecule has 3 N–H and O–H groups in total. The van der Waals surface area contributed by atoms with Crippen LogP contribution in [-0.2, 0) is 14.3 Å². The minimum atomic E-state index is -3.08. The van der Waals surface area contributed by atoms with E-state index in [-0.39, 0.29) is 48.4 Å². The minimum Gasteiger partial charge on any atom is -0.433 e. The number of amides is 2. The lowest BCUT2D eigenvalue weighted by Crippen LogP contribution is -2.53. The van der Waals surface area contributed by atoms with Crippen LogP contribution in [0.1, 0.15) is 40.0 Å². The van der Waals surface area contributed by atoms with Crippen LogP contribution < -0.4 is 20.7 Å². The third-order valence-electron chi connectivity index (χ3n) is 6.08. The van der Waals surface area contributed by atoms with Gasteiger partial charge in [0.15, 0.2) is 5.75 Å². The van der Waals surface area contributed by atoms with E-state index in [9.17, 15) is 18.4 Å². The number of ether oxygens (including phenoxy) is 2. The quantitative estimate of drug-likeness (QED) is 0.532. The summed E-state index contributed by atoms with van der Waals surface area (Å²) in [6.45, 7) is 5.29. The Labute approximate surface area is 199 Å². The molecule has 1 saturated heterocycles. The molecule has 1 aromatic carbocycles. The van der Waals surface area contributed by atoms with Crippen LogP contribution in [-0.4, -0.2) is 68.8 Å². The van der Waals surface area contributed by atoms with Gasteiger partial charge in [0.1, 0.15) is 12.6 Å². The number of hydrogen-bond acceptors (Lipinski definition) is 6. The zero-order valence-corrected chi connectivity index (χ0v) is 20.2. The van der Waals surface area contributed by atoms with Gasteiger partial charge in [0.2, 0.25) is 5.91 Å². The fraction of sp³-hybridized carbons (Fsp3) is 0.667. The third kappa shape index (κ3) is 7.10. The number of halogens is 2. The van der Waals surface area contributed by atoms with Crippen LogP contribution in [0.5, 0.6) is 5.75 Å². The molecular weight excluding hydrogens is 446 g/mol. The molecule has 34 heavy (non-hydrogen) atoms. The van der Waals surface area contributed by atoms with E-state index in [0.29, 0.717) is 24.8 Å². The lowest BCUT2D eigenvalue weighted by atomic mass is 9.84. The first kappa shape index (κ1) is 26.3. The number of nitrogens with one attached hydrogen (secondary N) is 1. The SMILES string of the molecule is CC(C)(C)CN(CC1CCC1)[C@H](CN)C(=O)Nc1ccc(N2CCOCC2=O)c(OC(F)F)c1. The molecule has 3 rings (SSSR count). The lowest BCUT2D eigenvalue weighted by molar-refractivity contribution is -0.126. The van der Waals surface area contributed by atoms with E-state index >= 15 is 0 Å². The van der Waals surface area contributed by atoms with Gasteiger partial charge in [-0.1, -0.05) is 27.2 Å². The highest BCUT2D eigenvalue weighted by Gasteiger charge is 2.32. The number of hydrogen-bond donors (Lipinski definition) is 2. The van der Waals surface area contributed by atoms with E-state index in [0.717, 1.165) is 19.4 Å². The lowest BCUT2D eigenvalue weighted by Gasteiger charge is -2.39. The molecule has 0 bridgehead atoms. The van der Waals surface area contributed by atoms with E-state index in [4.69, 9.17) is 10.5 Å². The summed E-state index contributed by atoms with van der Waals surface area (Å²) in [5.74, 6) is -0.280. The van der Waals surface area contributed by atoms with Crippen molar-refractivity contribution >= 4 is 23.2 Å². The second-order valence-electron chi connectivity index (χ2n) is 10.2. The summed E-state index contributed by atoms with van der Waals surface area (Å²) in [7, 11) is 0. The third-order valence-corrected chi connectivity index (χ3v) is 6.08. The van der Waals surface area contributed by atoms with Crippen molar-refractivity contribution in [1.29, 1.82) is 0 Å². The number of nitrogens with two attached hydrogens (primary N) is 1. The predicted octanol–water partition coefficient (Wildman–Crippen LogP) is 3.07. The van der Waals surface area contributed by atoms with Crippen LogP contribution in [0.15, 0.2) is 18.2 Å². The van der Waals surface area contributed by atoms with E-state index in [1.54, 1.807) is 6.07 Å². The highest BCUT2D eigenvalue weighted by atomic mass is 19.3. The fourth-order valence-electron chi connectivity index (χ4n) is 4.34. The number of carbonyl (C=O) groups is 2. The monoisotopic (exact) mass is 482 g/mol. The Morgan fingerprint density at radius 2 is 2.09 bits per heavy atom. The van der Waals surface area contributed by atoms with Gasteiger partial charge in [0.25, 0.3) is 5.91 Å². The fourth-order valence-corrected chi connectivity index (χ4v) is 4.34. The molecule has 1 aliphatic heterocycles. The largest absolute Gasteiger partial charge is 0.433 e. The van der Waals surface area contributed by atoms with Crippen molar-refractivity contribution in [3.63, 3.8) is 0 Å². The van der Waals surface area contributed by atoms with Gasteiger partial charge in [-0.05, 0) is 36.3 Å². The molecule has 2 aliphatic rings. The summed E-state index contributed by atoms with van der Waals surface area (Å²) in [6.07, 6.45) is 3.50. The Kier molecular flexibility index (Phi) is 8.83. The van der Waals surface area contributed by atoms with E-state index in [1.807, 2.05) is 0 Å². The maximum Gasteiger partial charge on any atom is 0.387 e. The molecule has 1 heterocycles. The first-order chi connectivity index (χ1) is 16.1. The smallest absolute Gasteiger partial charge is 0.387 e. The number of carbonyl (C=O) groups excluding carboxylic acids is 2. The molecule has 0 aromatic heterocycles. The molecule has 0 spiro atoms. The van der Waals surface area contributed by atoms with E-state index in [1.165, 1.54) is 23.5 Å². The van der Waals surface area contributed by atoms with Crippen LogP contribution in [0.2, 0.25) is 0 Å². The average molecular weight is 483 g/mol. The number of nitrogens with zero attached hydrogens (tertiary/aromatic N) is 2. The van der Waals surface area contributed by atoms with E-state index < -0.39 is 12.7 Å². The summed E-state index contributed by atoms with van der Waals surface area (Å²) < 4.78 is 36.0. The number of morpholine rings is 1. The van der Waals surface area contributed by atoms with Crippen LogP contribution >= 0.6 is 0 Å². The molecule has 190 valence electrons. The summed E-state index contributed by atoms with van der Waals surface area (Å²) in [5, 5.41) is 2.81. The van der Waals surface area contributed by atoms with Crippen LogP contribution in [0.3, 0.4) is 0 Å². The zero-order chi connectivity index (χ0) is 24.9. The first-order valence-electron chi connectivity index (χ1n) is 11.8. The summed E-state index contributed by atoms with van der Waals surface area (Å²) >= 11 is 0. The molecule has 0 unspecified atom stereocenters. The molecule has 0 radical (unpaired) electrons. The Hall–Kier alpha value is -2.30. The molecule has 1 atom stereocenters. The molecule has 10 heteroatoms. The van der Waals surface area contributed by atoms with Crippen molar-refractivity contribution in [3.05, 3.63) is 18.2 Å². The van der Waals surface area contributed by atoms with Gasteiger partial charge in [-0.2, -0.15) is 8.78 Å². The Balaban J connectivity index is 1.79. The summed E-state index contributed by atoms with van der Waals surface area (Å²) in [6, 6.07) is 3.83. The van der Waals surface area contributed by atoms with Crippen molar-refractivity contribution in [2.75, 3.05) is 49.6 Å². The minimum absolute atomic E-state index is 0.0257. The highest BCUT2D eigenvalue weighted by Crippen LogP contribution is 2.34. The van der Waals surface area contributed by atoms with Gasteiger partial charge in [-0.15, -0.1) is 0 Å². The maximum absolute atomic E-state index is 13.2. The van der Waals surface area contributed by atoms with Gasteiger partial charge in [-0.3, -0.25) is 14.5 Å². The average Bonchev–Trinajstić information content (AvgIpc) is 2.70. The van der Waals surface area contributed by atoms with Crippen LogP contribution in [0, 0.1) is 11.3 Å². The van der Waals surface area contributed by atoms with E-state index in [2.05, 4.69) is 35.7 Å². The van der Waals surface area contributed by atoms with Crippen LogP contribution in [0.25, 0.3) is 0 Å². The first-order valence-corrected chi connectivity index (χ1v) is 11.8. The number of alkyl halides is 2. The van der Waals surface area contributed by atoms with Gasteiger partial charge >= 0.3 is 6.61 Å². The number of anilines is 2. The molecule has 8 nitrogen and oxygen atoms in total. The van der Waals surface area contributed by atoms with Crippen molar-refractivity contribution in [2.24, 2.45) is 17.1 Å². The van der Waals surface area contributed by atoms with Gasteiger partial charge in [0.05, 0.1) is 12.3 Å². The Morgan fingerprint density at radius 3 is 2.65 bits per heavy atom. The van der Waals surface area contributed by atoms with Crippen molar-refractivity contribution in [3.8, 4) is 5.75 Å². The summed E-state index contributed by atoms with van der Waals surface area (Å²) in [5.41, 5.74) is 6.51. The molecule has 2 amide bonds. The zero-order valence-electron chi connectivity index (χ0n) is 20.2. The molecule has 1 saturated carbocycles. The topological polar surface area (TPSA) is 97.1 Å². The standard InChI is InChI=1S/C24H36F2N4O4/c1-24(2,3)15-29(13-16-5-4-6-16)19(12-27)22(32)28-17-7-8-18(20(11-17)34-23(25)26)30-9-10-33-14-21(30)31/h7-8,11,16,19,23H,4-6,9-10,12-15,27H2,1-3H3,(H,28,32)/t19-/m1/s1. The van der Waals surface area contributed by atoms with Crippen molar-refractivity contribution in [2.45, 2.75) is 52.7 Å². The normalized spacial score (nSPS) is 18.2. The predicted molar refractivity (Wildman–Crippen MR) is 126 cm³/mol. The van der Waals surface area contributed by atoms with Crippen LogP contribution in [0.4, 0.5) is 20.2 Å². The van der Waals surface area contributed by atoms with Gasteiger partial charge in [-0.25, -0.2) is 0 Å². The molecule has 2 fully saturated rings. The number of benzene rings is 1.